The summed E-state index contributed by atoms with van der Waals surface area (Å²) in [6, 6.07) is 7.61. The average molecular weight is 345 g/mol. The summed E-state index contributed by atoms with van der Waals surface area (Å²) in [4.78, 5) is 18.4. The molecule has 7 heteroatoms. The minimum Gasteiger partial charge on any atom is -0.497 e. The molecule has 23 heavy (non-hydrogen) atoms. The predicted molar refractivity (Wildman–Crippen MR) is 97.4 cm³/mol. The van der Waals surface area contributed by atoms with Crippen LogP contribution in [0.25, 0.3) is 21.3 Å². The van der Waals surface area contributed by atoms with Crippen LogP contribution in [0.2, 0.25) is 0 Å². The van der Waals surface area contributed by atoms with Gasteiger partial charge in [-0.1, -0.05) is 24.4 Å². The highest BCUT2D eigenvalue weighted by Gasteiger charge is 2.16. The van der Waals surface area contributed by atoms with Gasteiger partial charge >= 0.3 is 0 Å². The number of hydrogen-bond acceptors (Lipinski definition) is 5. The molecule has 0 saturated carbocycles. The van der Waals surface area contributed by atoms with Crippen LogP contribution in [-0.2, 0) is 6.54 Å². The highest BCUT2D eigenvalue weighted by molar-refractivity contribution is 7.80. The van der Waals surface area contributed by atoms with Crippen LogP contribution < -0.4 is 16.0 Å². The molecule has 0 saturated heterocycles. The van der Waals surface area contributed by atoms with E-state index in [-0.39, 0.29) is 17.1 Å². The predicted octanol–water partition coefficient (Wildman–Crippen LogP) is 2.73. The Kier molecular flexibility index (Phi) is 4.14. The second-order valence-corrected chi connectivity index (χ2v) is 6.46. The molecular weight excluding hydrogens is 330 g/mol. The summed E-state index contributed by atoms with van der Waals surface area (Å²) in [5.41, 5.74) is 7.24. The molecule has 3 rings (SSSR count). The molecule has 2 heterocycles. The molecule has 0 aliphatic heterocycles. The van der Waals surface area contributed by atoms with Crippen LogP contribution in [0.4, 0.5) is 0 Å². The summed E-state index contributed by atoms with van der Waals surface area (Å²) < 4.78 is 6.78. The number of nitrogens with zero attached hydrogens (tertiary/aromatic N) is 2. The number of thiophene rings is 1. The lowest BCUT2D eigenvalue weighted by Crippen LogP contribution is -2.29. The van der Waals surface area contributed by atoms with Gasteiger partial charge in [-0.2, -0.15) is 0 Å². The van der Waals surface area contributed by atoms with Crippen molar-refractivity contribution >= 4 is 38.8 Å². The van der Waals surface area contributed by atoms with Crippen LogP contribution in [0.3, 0.4) is 0 Å². The van der Waals surface area contributed by atoms with Gasteiger partial charge in [0, 0.05) is 10.9 Å². The van der Waals surface area contributed by atoms with Crippen LogP contribution in [0.5, 0.6) is 5.75 Å². The zero-order chi connectivity index (χ0) is 16.6. The standard InChI is InChI=1S/C16H15N3O2S2/c1-9-18-15-14(16(20)19(9)7-13(17)22)12(8-23-15)10-4-3-5-11(6-10)21-2/h3-6,8H,7H2,1-2H3,(H2,17,22). The molecule has 0 atom stereocenters. The van der Waals surface area contributed by atoms with Gasteiger partial charge in [0.2, 0.25) is 0 Å². The number of fused-ring (bicyclic) bond motifs is 1. The number of hydrogen-bond donors (Lipinski definition) is 1. The van der Waals surface area contributed by atoms with E-state index in [0.717, 1.165) is 16.9 Å². The van der Waals surface area contributed by atoms with Crippen molar-refractivity contribution in [1.82, 2.24) is 9.55 Å². The summed E-state index contributed by atoms with van der Waals surface area (Å²) in [5.74, 6) is 1.35. The maximum absolute atomic E-state index is 12.9. The number of nitrogens with two attached hydrogens (primary N) is 1. The van der Waals surface area contributed by atoms with Crippen molar-refractivity contribution in [1.29, 1.82) is 0 Å². The smallest absolute Gasteiger partial charge is 0.263 e. The van der Waals surface area contributed by atoms with Gasteiger partial charge in [-0.15, -0.1) is 11.3 Å². The largest absolute Gasteiger partial charge is 0.497 e. The molecule has 0 spiro atoms. The number of methoxy groups -OCH3 is 1. The molecule has 1 aromatic carbocycles. The van der Waals surface area contributed by atoms with Gasteiger partial charge in [0.15, 0.2) is 0 Å². The van der Waals surface area contributed by atoms with E-state index in [1.807, 2.05) is 29.6 Å². The first-order valence-electron chi connectivity index (χ1n) is 6.92. The summed E-state index contributed by atoms with van der Waals surface area (Å²) in [7, 11) is 1.62. The van der Waals surface area contributed by atoms with E-state index < -0.39 is 0 Å². The Morgan fingerprint density at radius 1 is 1.48 bits per heavy atom. The number of aromatic nitrogens is 2. The van der Waals surface area contributed by atoms with Crippen molar-refractivity contribution < 1.29 is 4.74 Å². The maximum Gasteiger partial charge on any atom is 0.263 e. The fourth-order valence-corrected chi connectivity index (χ4v) is 3.58. The lowest BCUT2D eigenvalue weighted by Gasteiger charge is -2.09. The molecule has 5 nitrogen and oxygen atoms in total. The average Bonchev–Trinajstić information content (AvgIpc) is 2.95. The number of thiocarbonyl (C=S) groups is 1. The fourth-order valence-electron chi connectivity index (χ4n) is 2.47. The van der Waals surface area contributed by atoms with Gasteiger partial charge < -0.3 is 10.5 Å². The monoisotopic (exact) mass is 345 g/mol. The van der Waals surface area contributed by atoms with E-state index in [1.165, 1.54) is 15.9 Å². The van der Waals surface area contributed by atoms with Gasteiger partial charge in [-0.3, -0.25) is 9.36 Å². The SMILES string of the molecule is COc1cccc(-c2csc3nc(C)n(CC(N)=S)c(=O)c23)c1. The van der Waals surface area contributed by atoms with Crippen molar-refractivity contribution in [3.63, 3.8) is 0 Å². The third-order valence-corrected chi connectivity index (χ3v) is 4.58. The quantitative estimate of drug-likeness (QED) is 0.736. The highest BCUT2D eigenvalue weighted by Crippen LogP contribution is 2.32. The summed E-state index contributed by atoms with van der Waals surface area (Å²) in [6.07, 6.45) is 0. The third-order valence-electron chi connectivity index (χ3n) is 3.58. The van der Waals surface area contributed by atoms with E-state index in [1.54, 1.807) is 14.0 Å². The Hall–Kier alpha value is -2.25. The number of aryl methyl sites for hydroxylation is 1. The Balaban J connectivity index is 2.27. The molecule has 118 valence electrons. The number of benzene rings is 1. The Labute approximate surface area is 142 Å². The van der Waals surface area contributed by atoms with Gasteiger partial charge in [0.1, 0.15) is 16.4 Å². The first kappa shape index (κ1) is 15.6. The zero-order valence-corrected chi connectivity index (χ0v) is 14.3. The number of ether oxygens (including phenoxy) is 1. The molecule has 0 radical (unpaired) electrons. The van der Waals surface area contributed by atoms with Crippen LogP contribution in [0.1, 0.15) is 5.82 Å². The second kappa shape index (κ2) is 6.10. The minimum absolute atomic E-state index is 0.126. The van der Waals surface area contributed by atoms with Gasteiger partial charge in [-0.05, 0) is 24.6 Å². The van der Waals surface area contributed by atoms with Crippen molar-refractivity contribution in [2.75, 3.05) is 7.11 Å². The molecular formula is C16H15N3O2S2. The van der Waals surface area contributed by atoms with Crippen LogP contribution >= 0.6 is 23.6 Å². The molecule has 2 N–H and O–H groups in total. The van der Waals surface area contributed by atoms with E-state index in [4.69, 9.17) is 22.7 Å². The molecule has 3 aromatic rings. The zero-order valence-electron chi connectivity index (χ0n) is 12.7. The molecule has 0 bridgehead atoms. The summed E-state index contributed by atoms with van der Waals surface area (Å²) in [5, 5.41) is 2.53. The van der Waals surface area contributed by atoms with Crippen LogP contribution in [0.15, 0.2) is 34.4 Å². The molecule has 2 aromatic heterocycles. The van der Waals surface area contributed by atoms with Crippen LogP contribution in [0, 0.1) is 6.92 Å². The minimum atomic E-state index is -0.126. The van der Waals surface area contributed by atoms with E-state index in [9.17, 15) is 4.79 Å². The first-order chi connectivity index (χ1) is 11.0. The fraction of sp³-hybridized carbons (Fsp3) is 0.188. The third kappa shape index (κ3) is 2.85. The molecule has 0 fully saturated rings. The van der Waals surface area contributed by atoms with Crippen molar-refractivity contribution in [3.8, 4) is 16.9 Å². The normalized spacial score (nSPS) is 10.9. The lowest BCUT2D eigenvalue weighted by molar-refractivity contribution is 0.415. The maximum atomic E-state index is 12.9. The van der Waals surface area contributed by atoms with Crippen molar-refractivity contribution in [3.05, 3.63) is 45.8 Å². The van der Waals surface area contributed by atoms with Crippen molar-refractivity contribution in [2.45, 2.75) is 13.5 Å². The van der Waals surface area contributed by atoms with E-state index in [0.29, 0.717) is 16.0 Å². The molecule has 0 unspecified atom stereocenters. The van der Waals surface area contributed by atoms with Gasteiger partial charge in [-0.25, -0.2) is 4.98 Å². The Morgan fingerprint density at radius 2 is 2.26 bits per heavy atom. The lowest BCUT2D eigenvalue weighted by atomic mass is 10.1. The highest BCUT2D eigenvalue weighted by atomic mass is 32.1. The molecule has 0 aliphatic carbocycles. The Bertz CT molecular complexity index is 960. The van der Waals surface area contributed by atoms with Crippen LogP contribution in [-0.4, -0.2) is 21.6 Å². The topological polar surface area (TPSA) is 70.1 Å². The second-order valence-electron chi connectivity index (χ2n) is 5.08. The van der Waals surface area contributed by atoms with Gasteiger partial charge in [0.05, 0.1) is 24.0 Å². The summed E-state index contributed by atoms with van der Waals surface area (Å²) in [6.45, 7) is 1.97. The van der Waals surface area contributed by atoms with E-state index in [2.05, 4.69) is 4.98 Å². The van der Waals surface area contributed by atoms with Crippen molar-refractivity contribution in [2.24, 2.45) is 5.73 Å². The molecule has 0 amide bonds. The molecule has 0 aliphatic rings. The van der Waals surface area contributed by atoms with E-state index >= 15 is 0 Å². The number of rotatable bonds is 4. The van der Waals surface area contributed by atoms with Gasteiger partial charge in [0.25, 0.3) is 5.56 Å². The Morgan fingerprint density at radius 3 is 2.96 bits per heavy atom. The first-order valence-corrected chi connectivity index (χ1v) is 8.21. The summed E-state index contributed by atoms with van der Waals surface area (Å²) >= 11 is 6.38.